The highest BCUT2D eigenvalue weighted by Crippen LogP contribution is 2.16. The summed E-state index contributed by atoms with van der Waals surface area (Å²) in [6.07, 6.45) is 0.612. The summed E-state index contributed by atoms with van der Waals surface area (Å²) in [6, 6.07) is 3.62. The fourth-order valence-electron chi connectivity index (χ4n) is 1.19. The quantitative estimate of drug-likeness (QED) is 0.601. The minimum absolute atomic E-state index is 0.0376. The lowest BCUT2D eigenvalue weighted by Crippen LogP contribution is -2.38. The molecule has 1 rings (SSSR count). The Morgan fingerprint density at radius 2 is 1.94 bits per heavy atom. The first-order valence-corrected chi connectivity index (χ1v) is 5.95. The number of Topliss-reactive ketones (excluding diaryl/α,β-unsaturated/α-hetero) is 1. The van der Waals surface area contributed by atoms with E-state index in [0.29, 0.717) is 17.8 Å². The average molecular weight is 254 g/mol. The maximum atomic E-state index is 11.1. The van der Waals surface area contributed by atoms with Gasteiger partial charge in [-0.15, -0.1) is 11.3 Å². The van der Waals surface area contributed by atoms with Crippen LogP contribution in [-0.2, 0) is 16.0 Å². The van der Waals surface area contributed by atoms with E-state index in [4.69, 9.17) is 0 Å². The lowest BCUT2D eigenvalue weighted by atomic mass is 10.3. The van der Waals surface area contributed by atoms with Crippen molar-refractivity contribution >= 4 is 28.9 Å². The molecule has 0 radical (unpaired) electrons. The molecule has 0 fully saturated rings. The summed E-state index contributed by atoms with van der Waals surface area (Å²) in [7, 11) is 1.40. The van der Waals surface area contributed by atoms with Crippen LogP contribution in [0, 0.1) is 0 Å². The van der Waals surface area contributed by atoms with Crippen LogP contribution in [0.3, 0.4) is 0 Å². The van der Waals surface area contributed by atoms with Gasteiger partial charge in [-0.05, 0) is 25.5 Å². The summed E-state index contributed by atoms with van der Waals surface area (Å²) in [4.78, 5) is 34.8. The molecule has 92 valence electrons. The van der Waals surface area contributed by atoms with Crippen LogP contribution in [0.15, 0.2) is 12.1 Å². The normalized spacial score (nSPS) is 9.76. The van der Waals surface area contributed by atoms with Crippen LogP contribution in [0.5, 0.6) is 0 Å². The van der Waals surface area contributed by atoms with Crippen molar-refractivity contribution in [3.8, 4) is 0 Å². The minimum Gasteiger partial charge on any atom is -0.351 e. The zero-order valence-corrected chi connectivity index (χ0v) is 10.5. The number of thiophene rings is 1. The summed E-state index contributed by atoms with van der Waals surface area (Å²) >= 11 is 1.41. The summed E-state index contributed by atoms with van der Waals surface area (Å²) in [6.45, 7) is 1.90. The minimum atomic E-state index is -0.652. The molecule has 0 unspecified atom stereocenters. The largest absolute Gasteiger partial charge is 0.351 e. The predicted octanol–water partition coefficient (Wildman–Crippen LogP) is 0.355. The molecule has 1 aromatic heterocycles. The summed E-state index contributed by atoms with van der Waals surface area (Å²) in [5.74, 6) is -1.26. The SMILES string of the molecule is CNC(=O)C(=O)NCCc1ccc(C(C)=O)s1. The summed E-state index contributed by atoms with van der Waals surface area (Å²) in [5, 5.41) is 4.73. The third-order valence-electron chi connectivity index (χ3n) is 2.10. The van der Waals surface area contributed by atoms with E-state index in [1.165, 1.54) is 25.3 Å². The fraction of sp³-hybridized carbons (Fsp3) is 0.364. The molecular weight excluding hydrogens is 240 g/mol. The Morgan fingerprint density at radius 1 is 1.24 bits per heavy atom. The second-order valence-corrected chi connectivity index (χ2v) is 4.58. The maximum absolute atomic E-state index is 11.1. The molecule has 0 aromatic carbocycles. The smallest absolute Gasteiger partial charge is 0.309 e. The average Bonchev–Trinajstić information content (AvgIpc) is 2.76. The van der Waals surface area contributed by atoms with Gasteiger partial charge in [-0.25, -0.2) is 0 Å². The number of carbonyl (C=O) groups is 3. The van der Waals surface area contributed by atoms with Crippen molar-refractivity contribution in [2.45, 2.75) is 13.3 Å². The van der Waals surface area contributed by atoms with Crippen LogP contribution >= 0.6 is 11.3 Å². The summed E-state index contributed by atoms with van der Waals surface area (Å²) < 4.78 is 0. The molecule has 0 aliphatic rings. The molecule has 0 bridgehead atoms. The number of likely N-dealkylation sites (N-methyl/N-ethyl adjacent to an activating group) is 1. The van der Waals surface area contributed by atoms with Crippen LogP contribution in [0.1, 0.15) is 21.5 Å². The van der Waals surface area contributed by atoms with Gasteiger partial charge in [0, 0.05) is 18.5 Å². The Balaban J connectivity index is 2.38. The van der Waals surface area contributed by atoms with Gasteiger partial charge >= 0.3 is 11.8 Å². The van der Waals surface area contributed by atoms with E-state index in [1.807, 2.05) is 6.07 Å². The van der Waals surface area contributed by atoms with E-state index in [9.17, 15) is 14.4 Å². The van der Waals surface area contributed by atoms with Crippen molar-refractivity contribution in [2.75, 3.05) is 13.6 Å². The second kappa shape index (κ2) is 6.15. The first-order chi connectivity index (χ1) is 8.04. The Hall–Kier alpha value is -1.69. The second-order valence-electron chi connectivity index (χ2n) is 3.41. The van der Waals surface area contributed by atoms with Crippen molar-refractivity contribution < 1.29 is 14.4 Å². The van der Waals surface area contributed by atoms with Gasteiger partial charge in [0.25, 0.3) is 0 Å². The highest BCUT2D eigenvalue weighted by molar-refractivity contribution is 7.14. The van der Waals surface area contributed by atoms with Crippen LogP contribution in [0.2, 0.25) is 0 Å². The molecule has 17 heavy (non-hydrogen) atoms. The van der Waals surface area contributed by atoms with Crippen molar-refractivity contribution in [1.82, 2.24) is 10.6 Å². The Bertz CT molecular complexity index is 440. The number of hydrogen-bond donors (Lipinski definition) is 2. The van der Waals surface area contributed by atoms with Crippen molar-refractivity contribution in [2.24, 2.45) is 0 Å². The Labute approximate surface area is 103 Å². The van der Waals surface area contributed by atoms with Crippen LogP contribution < -0.4 is 10.6 Å². The van der Waals surface area contributed by atoms with Crippen molar-refractivity contribution in [3.05, 3.63) is 21.9 Å². The monoisotopic (exact) mass is 254 g/mol. The van der Waals surface area contributed by atoms with Gasteiger partial charge in [0.1, 0.15) is 0 Å². The van der Waals surface area contributed by atoms with Gasteiger partial charge in [-0.2, -0.15) is 0 Å². The van der Waals surface area contributed by atoms with Crippen molar-refractivity contribution in [3.63, 3.8) is 0 Å². The predicted molar refractivity (Wildman–Crippen MR) is 65.1 cm³/mol. The number of amides is 2. The topological polar surface area (TPSA) is 75.3 Å². The van der Waals surface area contributed by atoms with Gasteiger partial charge in [0.2, 0.25) is 0 Å². The van der Waals surface area contributed by atoms with E-state index in [-0.39, 0.29) is 5.78 Å². The van der Waals surface area contributed by atoms with E-state index in [2.05, 4.69) is 10.6 Å². The number of ketones is 1. The fourth-order valence-corrected chi connectivity index (χ4v) is 2.10. The first-order valence-electron chi connectivity index (χ1n) is 5.14. The maximum Gasteiger partial charge on any atom is 0.309 e. The molecule has 0 aliphatic carbocycles. The van der Waals surface area contributed by atoms with Gasteiger partial charge in [-0.1, -0.05) is 0 Å². The molecule has 5 nitrogen and oxygen atoms in total. The van der Waals surface area contributed by atoms with E-state index < -0.39 is 11.8 Å². The van der Waals surface area contributed by atoms with Gasteiger partial charge in [0.15, 0.2) is 5.78 Å². The molecule has 0 spiro atoms. The highest BCUT2D eigenvalue weighted by Gasteiger charge is 2.10. The number of nitrogens with one attached hydrogen (secondary N) is 2. The number of rotatable bonds is 4. The van der Waals surface area contributed by atoms with E-state index in [0.717, 1.165) is 4.88 Å². The zero-order valence-electron chi connectivity index (χ0n) is 9.70. The molecular formula is C11H14N2O3S. The van der Waals surface area contributed by atoms with Gasteiger partial charge in [-0.3, -0.25) is 14.4 Å². The van der Waals surface area contributed by atoms with Crippen LogP contribution in [0.25, 0.3) is 0 Å². The lowest BCUT2D eigenvalue weighted by Gasteiger charge is -2.02. The zero-order chi connectivity index (χ0) is 12.8. The number of hydrogen-bond acceptors (Lipinski definition) is 4. The van der Waals surface area contributed by atoms with E-state index >= 15 is 0 Å². The van der Waals surface area contributed by atoms with Gasteiger partial charge in [0.05, 0.1) is 4.88 Å². The van der Waals surface area contributed by atoms with Crippen molar-refractivity contribution in [1.29, 1.82) is 0 Å². The van der Waals surface area contributed by atoms with Crippen LogP contribution in [0.4, 0.5) is 0 Å². The first kappa shape index (κ1) is 13.4. The standard InChI is InChI=1S/C11H14N2O3S/c1-7(14)9-4-3-8(17-9)5-6-13-11(16)10(15)12-2/h3-4H,5-6H2,1-2H3,(H,12,15)(H,13,16). The molecule has 0 saturated heterocycles. The van der Waals surface area contributed by atoms with Crippen LogP contribution in [-0.4, -0.2) is 31.2 Å². The molecule has 1 aromatic rings. The Morgan fingerprint density at radius 3 is 2.47 bits per heavy atom. The molecule has 0 aliphatic heterocycles. The lowest BCUT2D eigenvalue weighted by molar-refractivity contribution is -0.138. The molecule has 0 atom stereocenters. The molecule has 2 amide bonds. The van der Waals surface area contributed by atoms with Gasteiger partial charge < -0.3 is 10.6 Å². The number of carbonyl (C=O) groups excluding carboxylic acids is 3. The van der Waals surface area contributed by atoms with E-state index in [1.54, 1.807) is 6.07 Å². The molecule has 2 N–H and O–H groups in total. The summed E-state index contributed by atoms with van der Waals surface area (Å²) in [5.41, 5.74) is 0. The molecule has 6 heteroatoms. The third-order valence-corrected chi connectivity index (χ3v) is 3.34. The molecule has 0 saturated carbocycles. The Kier molecular flexibility index (Phi) is 4.84. The molecule has 1 heterocycles. The third kappa shape index (κ3) is 3.99. The highest BCUT2D eigenvalue weighted by atomic mass is 32.1.